The van der Waals surface area contributed by atoms with E-state index in [0.29, 0.717) is 0 Å². The van der Waals surface area contributed by atoms with E-state index in [-0.39, 0.29) is 6.04 Å². The van der Waals surface area contributed by atoms with Crippen molar-refractivity contribution < 1.29 is 0 Å². The van der Waals surface area contributed by atoms with E-state index in [9.17, 15) is 0 Å². The van der Waals surface area contributed by atoms with Crippen LogP contribution in [-0.4, -0.2) is 0 Å². The third kappa shape index (κ3) is 3.07. The van der Waals surface area contributed by atoms with Crippen molar-refractivity contribution in [2.75, 3.05) is 0 Å². The van der Waals surface area contributed by atoms with E-state index in [1.807, 2.05) is 6.07 Å². The van der Waals surface area contributed by atoms with Crippen LogP contribution in [0.15, 0.2) is 48.5 Å². The van der Waals surface area contributed by atoms with Gasteiger partial charge < -0.3 is 5.73 Å². The van der Waals surface area contributed by atoms with Gasteiger partial charge in [0.15, 0.2) is 0 Å². The van der Waals surface area contributed by atoms with E-state index in [2.05, 4.69) is 72.0 Å². The molecule has 0 saturated heterocycles. The second kappa shape index (κ2) is 5.65. The summed E-state index contributed by atoms with van der Waals surface area (Å²) < 4.78 is 1.29. The summed E-state index contributed by atoms with van der Waals surface area (Å²) in [5, 5.41) is 0. The SMILES string of the molecule is Cc1cccc(C(N)Cc2ccccc2)c1I. The molecule has 0 aliphatic carbocycles. The molecule has 17 heavy (non-hydrogen) atoms. The first-order chi connectivity index (χ1) is 8.18. The molecule has 0 heterocycles. The molecule has 0 fully saturated rings. The van der Waals surface area contributed by atoms with Gasteiger partial charge in [-0.2, -0.15) is 0 Å². The zero-order valence-electron chi connectivity index (χ0n) is 9.86. The molecule has 2 aromatic rings. The van der Waals surface area contributed by atoms with Crippen molar-refractivity contribution in [1.29, 1.82) is 0 Å². The third-order valence-corrected chi connectivity index (χ3v) is 4.39. The van der Waals surface area contributed by atoms with Gasteiger partial charge in [0.25, 0.3) is 0 Å². The fourth-order valence-corrected chi connectivity index (χ4v) is 2.69. The lowest BCUT2D eigenvalue weighted by Crippen LogP contribution is -2.15. The fourth-order valence-electron chi connectivity index (χ4n) is 1.93. The first-order valence-electron chi connectivity index (χ1n) is 5.73. The summed E-state index contributed by atoms with van der Waals surface area (Å²) in [6.45, 7) is 2.13. The van der Waals surface area contributed by atoms with Gasteiger partial charge in [0.1, 0.15) is 0 Å². The Morgan fingerprint density at radius 1 is 1.06 bits per heavy atom. The molecule has 0 amide bonds. The minimum absolute atomic E-state index is 0.0733. The van der Waals surface area contributed by atoms with Crippen molar-refractivity contribution in [3.05, 3.63) is 68.8 Å². The zero-order valence-corrected chi connectivity index (χ0v) is 12.0. The average Bonchev–Trinajstić information content (AvgIpc) is 2.34. The van der Waals surface area contributed by atoms with Gasteiger partial charge in [-0.3, -0.25) is 0 Å². The highest BCUT2D eigenvalue weighted by Gasteiger charge is 2.11. The van der Waals surface area contributed by atoms with Crippen LogP contribution in [0.3, 0.4) is 0 Å². The summed E-state index contributed by atoms with van der Waals surface area (Å²) in [7, 11) is 0. The lowest BCUT2D eigenvalue weighted by molar-refractivity contribution is 0.717. The molecule has 88 valence electrons. The molecule has 1 atom stereocenters. The standard InChI is InChI=1S/C15H16IN/c1-11-6-5-9-13(15(11)16)14(17)10-12-7-3-2-4-8-12/h2-9,14H,10,17H2,1H3. The molecule has 2 N–H and O–H groups in total. The van der Waals surface area contributed by atoms with Crippen LogP contribution in [0.2, 0.25) is 0 Å². The number of benzene rings is 2. The maximum absolute atomic E-state index is 6.29. The number of halogens is 1. The highest BCUT2D eigenvalue weighted by atomic mass is 127. The highest BCUT2D eigenvalue weighted by Crippen LogP contribution is 2.24. The lowest BCUT2D eigenvalue weighted by Gasteiger charge is -2.15. The van der Waals surface area contributed by atoms with Crippen molar-refractivity contribution in [2.24, 2.45) is 5.73 Å². The molecule has 2 aromatic carbocycles. The predicted octanol–water partition coefficient (Wildman–Crippen LogP) is 3.84. The van der Waals surface area contributed by atoms with E-state index >= 15 is 0 Å². The predicted molar refractivity (Wildman–Crippen MR) is 81.0 cm³/mol. The molecule has 0 spiro atoms. The van der Waals surface area contributed by atoms with Gasteiger partial charge in [-0.25, -0.2) is 0 Å². The molecular weight excluding hydrogens is 321 g/mol. The van der Waals surface area contributed by atoms with Crippen LogP contribution in [0.4, 0.5) is 0 Å². The van der Waals surface area contributed by atoms with Gasteiger partial charge >= 0.3 is 0 Å². The largest absolute Gasteiger partial charge is 0.324 e. The van der Waals surface area contributed by atoms with Crippen LogP contribution in [0.1, 0.15) is 22.7 Å². The number of rotatable bonds is 3. The summed E-state index contributed by atoms with van der Waals surface area (Å²) in [5.41, 5.74) is 10.1. The van der Waals surface area contributed by atoms with Crippen molar-refractivity contribution in [2.45, 2.75) is 19.4 Å². The lowest BCUT2D eigenvalue weighted by atomic mass is 9.98. The molecule has 1 nitrogen and oxygen atoms in total. The Bertz CT molecular complexity index is 494. The Morgan fingerprint density at radius 2 is 1.76 bits per heavy atom. The molecular formula is C15H16IN. The monoisotopic (exact) mass is 337 g/mol. The van der Waals surface area contributed by atoms with Gasteiger partial charge in [0.05, 0.1) is 0 Å². The molecule has 0 radical (unpaired) electrons. The Labute approximate surface area is 116 Å². The molecule has 0 aromatic heterocycles. The summed E-state index contributed by atoms with van der Waals surface area (Å²) in [6, 6.07) is 16.8. The van der Waals surface area contributed by atoms with Crippen LogP contribution in [0, 0.1) is 10.5 Å². The third-order valence-electron chi connectivity index (χ3n) is 2.92. The molecule has 0 bridgehead atoms. The Balaban J connectivity index is 2.20. The Kier molecular flexibility index (Phi) is 4.18. The second-order valence-corrected chi connectivity index (χ2v) is 5.35. The van der Waals surface area contributed by atoms with Crippen LogP contribution < -0.4 is 5.73 Å². The first kappa shape index (κ1) is 12.6. The summed E-state index contributed by atoms with van der Waals surface area (Å²) in [4.78, 5) is 0. The van der Waals surface area contributed by atoms with E-state index in [1.54, 1.807) is 0 Å². The van der Waals surface area contributed by atoms with E-state index in [4.69, 9.17) is 5.73 Å². The number of aryl methyl sites for hydroxylation is 1. The number of hydrogen-bond acceptors (Lipinski definition) is 1. The quantitative estimate of drug-likeness (QED) is 0.846. The maximum Gasteiger partial charge on any atom is 0.0346 e. The fraction of sp³-hybridized carbons (Fsp3) is 0.200. The van der Waals surface area contributed by atoms with Gasteiger partial charge in [-0.15, -0.1) is 0 Å². The second-order valence-electron chi connectivity index (χ2n) is 4.27. The molecule has 0 aliphatic rings. The van der Waals surface area contributed by atoms with Gasteiger partial charge in [-0.1, -0.05) is 48.5 Å². The number of hydrogen-bond donors (Lipinski definition) is 1. The van der Waals surface area contributed by atoms with E-state index < -0.39 is 0 Å². The van der Waals surface area contributed by atoms with E-state index in [1.165, 1.54) is 20.3 Å². The van der Waals surface area contributed by atoms with Crippen molar-refractivity contribution in [3.63, 3.8) is 0 Å². The highest BCUT2D eigenvalue weighted by molar-refractivity contribution is 14.1. The Hall–Kier alpha value is -0.870. The minimum Gasteiger partial charge on any atom is -0.324 e. The zero-order chi connectivity index (χ0) is 12.3. The molecule has 0 saturated carbocycles. The van der Waals surface area contributed by atoms with Crippen molar-refractivity contribution in [1.82, 2.24) is 0 Å². The van der Waals surface area contributed by atoms with Crippen LogP contribution in [-0.2, 0) is 6.42 Å². The van der Waals surface area contributed by atoms with Crippen LogP contribution >= 0.6 is 22.6 Å². The molecule has 0 aliphatic heterocycles. The van der Waals surface area contributed by atoms with Crippen LogP contribution in [0.5, 0.6) is 0 Å². The topological polar surface area (TPSA) is 26.0 Å². The molecule has 2 rings (SSSR count). The van der Waals surface area contributed by atoms with Gasteiger partial charge in [-0.05, 0) is 52.6 Å². The number of nitrogens with two attached hydrogens (primary N) is 1. The minimum atomic E-state index is 0.0733. The first-order valence-corrected chi connectivity index (χ1v) is 6.81. The average molecular weight is 337 g/mol. The Morgan fingerprint density at radius 3 is 2.47 bits per heavy atom. The summed E-state index contributed by atoms with van der Waals surface area (Å²) >= 11 is 2.38. The smallest absolute Gasteiger partial charge is 0.0346 e. The van der Waals surface area contributed by atoms with Crippen molar-refractivity contribution in [3.8, 4) is 0 Å². The summed E-state index contributed by atoms with van der Waals surface area (Å²) in [5.74, 6) is 0. The molecule has 2 heteroatoms. The van der Waals surface area contributed by atoms with Crippen molar-refractivity contribution >= 4 is 22.6 Å². The normalized spacial score (nSPS) is 12.4. The maximum atomic E-state index is 6.29. The molecule has 1 unspecified atom stereocenters. The van der Waals surface area contributed by atoms with Crippen LogP contribution in [0.25, 0.3) is 0 Å². The van der Waals surface area contributed by atoms with Gasteiger partial charge in [0, 0.05) is 9.61 Å². The van der Waals surface area contributed by atoms with Gasteiger partial charge in [0.2, 0.25) is 0 Å². The summed E-state index contributed by atoms with van der Waals surface area (Å²) in [6.07, 6.45) is 0.889. The van der Waals surface area contributed by atoms with E-state index in [0.717, 1.165) is 6.42 Å².